The number of aliphatic hydroxyl groups excluding tert-OH is 1. The second-order valence-corrected chi connectivity index (χ2v) is 4.92. The Bertz CT molecular complexity index is 533. The van der Waals surface area contributed by atoms with Crippen molar-refractivity contribution in [2.24, 2.45) is 5.41 Å². The summed E-state index contributed by atoms with van der Waals surface area (Å²) >= 11 is 0. The van der Waals surface area contributed by atoms with Gasteiger partial charge in [-0.3, -0.25) is 14.3 Å². The first-order chi connectivity index (χ1) is 7.95. The first-order valence-corrected chi connectivity index (χ1v) is 5.50. The number of aryl methyl sites for hydroxylation is 1. The second-order valence-electron chi connectivity index (χ2n) is 4.92. The van der Waals surface area contributed by atoms with Gasteiger partial charge in [-0.05, 0) is 6.92 Å². The average molecular weight is 240 g/mol. The number of aromatic nitrogens is 2. The van der Waals surface area contributed by atoms with Crippen LogP contribution in [0.1, 0.15) is 25.1 Å². The molecule has 6 nitrogen and oxygen atoms in total. The van der Waals surface area contributed by atoms with Gasteiger partial charge in [0.25, 0.3) is 5.56 Å². The van der Waals surface area contributed by atoms with Gasteiger partial charge < -0.3 is 9.84 Å². The first kappa shape index (κ1) is 12.1. The third-order valence-electron chi connectivity index (χ3n) is 3.13. The number of nitrogens with one attached hydrogen (secondary N) is 1. The Kier molecular flexibility index (Phi) is 2.92. The highest BCUT2D eigenvalue weighted by Crippen LogP contribution is 2.36. The molecule has 1 aromatic heterocycles. The quantitative estimate of drug-likeness (QED) is 0.747. The molecule has 1 fully saturated rings. The summed E-state index contributed by atoms with van der Waals surface area (Å²) in [6.45, 7) is 3.95. The maximum absolute atomic E-state index is 11.6. The fourth-order valence-corrected chi connectivity index (χ4v) is 1.93. The zero-order valence-electron chi connectivity index (χ0n) is 9.90. The molecule has 2 heterocycles. The molecular formula is C11H16N2O4. The van der Waals surface area contributed by atoms with E-state index in [9.17, 15) is 14.7 Å². The molecule has 17 heavy (non-hydrogen) atoms. The van der Waals surface area contributed by atoms with E-state index in [-0.39, 0.29) is 17.6 Å². The van der Waals surface area contributed by atoms with Crippen LogP contribution in [0.2, 0.25) is 0 Å². The molecule has 1 aliphatic heterocycles. The Morgan fingerprint density at radius 3 is 2.94 bits per heavy atom. The lowest BCUT2D eigenvalue weighted by Gasteiger charge is -2.18. The molecule has 2 rings (SSSR count). The molecule has 0 aliphatic carbocycles. The molecule has 0 radical (unpaired) electrons. The molecule has 2 N–H and O–H groups in total. The summed E-state index contributed by atoms with van der Waals surface area (Å²) in [7, 11) is 0. The number of aromatic amines is 1. The van der Waals surface area contributed by atoms with E-state index in [0.717, 1.165) is 0 Å². The van der Waals surface area contributed by atoms with Crippen molar-refractivity contribution < 1.29 is 9.84 Å². The van der Waals surface area contributed by atoms with Crippen LogP contribution in [0.3, 0.4) is 0 Å². The largest absolute Gasteiger partial charge is 0.396 e. The molecule has 0 unspecified atom stereocenters. The normalized spacial score (nSPS) is 28.5. The Hall–Kier alpha value is -1.40. The number of H-pyrrole nitrogens is 1. The van der Waals surface area contributed by atoms with Gasteiger partial charge in [-0.15, -0.1) is 0 Å². The highest BCUT2D eigenvalue weighted by atomic mass is 16.5. The third kappa shape index (κ3) is 2.18. The van der Waals surface area contributed by atoms with Gasteiger partial charge in [0.15, 0.2) is 0 Å². The van der Waals surface area contributed by atoms with Crippen molar-refractivity contribution in [3.05, 3.63) is 32.6 Å². The molecule has 1 saturated heterocycles. The van der Waals surface area contributed by atoms with Gasteiger partial charge in [0.1, 0.15) is 6.23 Å². The van der Waals surface area contributed by atoms with E-state index in [1.165, 1.54) is 10.8 Å². The fourth-order valence-electron chi connectivity index (χ4n) is 1.93. The van der Waals surface area contributed by atoms with E-state index in [2.05, 4.69) is 4.98 Å². The summed E-state index contributed by atoms with van der Waals surface area (Å²) < 4.78 is 6.87. The lowest BCUT2D eigenvalue weighted by atomic mass is 9.90. The number of ether oxygens (including phenoxy) is 1. The molecule has 0 saturated carbocycles. The lowest BCUT2D eigenvalue weighted by Crippen LogP contribution is -2.33. The summed E-state index contributed by atoms with van der Waals surface area (Å²) in [5, 5.41) is 9.23. The van der Waals surface area contributed by atoms with E-state index < -0.39 is 11.9 Å². The van der Waals surface area contributed by atoms with Gasteiger partial charge in [0.2, 0.25) is 0 Å². The molecule has 94 valence electrons. The van der Waals surface area contributed by atoms with Gasteiger partial charge in [-0.1, -0.05) is 6.92 Å². The number of nitrogens with zero attached hydrogens (tertiary/aromatic N) is 1. The maximum atomic E-state index is 11.6. The third-order valence-corrected chi connectivity index (χ3v) is 3.13. The van der Waals surface area contributed by atoms with Crippen LogP contribution in [0, 0.1) is 12.3 Å². The maximum Gasteiger partial charge on any atom is 0.330 e. The molecule has 2 atom stereocenters. The van der Waals surface area contributed by atoms with Crippen LogP contribution in [-0.4, -0.2) is 27.9 Å². The Morgan fingerprint density at radius 1 is 1.65 bits per heavy atom. The minimum atomic E-state index is -0.479. The van der Waals surface area contributed by atoms with Gasteiger partial charge in [0, 0.05) is 23.6 Å². The predicted octanol–water partition coefficient (Wildman–Crippen LogP) is -0.237. The van der Waals surface area contributed by atoms with Crippen molar-refractivity contribution in [3.8, 4) is 0 Å². The van der Waals surface area contributed by atoms with Crippen molar-refractivity contribution >= 4 is 0 Å². The van der Waals surface area contributed by atoms with E-state index in [0.29, 0.717) is 18.6 Å². The summed E-state index contributed by atoms with van der Waals surface area (Å²) in [6, 6.07) is 0. The van der Waals surface area contributed by atoms with Crippen molar-refractivity contribution in [1.82, 2.24) is 9.55 Å². The van der Waals surface area contributed by atoms with Gasteiger partial charge >= 0.3 is 5.69 Å². The standard InChI is InChI=1S/C11H16N2O4/c1-7-4-13(10(16)12-9(7)15)8-3-11(2,5-14)6-17-8/h4,8,14H,3,5-6H2,1-2H3,(H,12,15,16)/t8-,11-/m0/s1. The Morgan fingerprint density at radius 2 is 2.35 bits per heavy atom. The summed E-state index contributed by atoms with van der Waals surface area (Å²) in [6.07, 6.45) is 1.62. The highest BCUT2D eigenvalue weighted by molar-refractivity contribution is 5.02. The predicted molar refractivity (Wildman–Crippen MR) is 60.9 cm³/mol. The zero-order chi connectivity index (χ0) is 12.6. The van der Waals surface area contributed by atoms with Crippen molar-refractivity contribution in [2.75, 3.05) is 13.2 Å². The first-order valence-electron chi connectivity index (χ1n) is 5.50. The molecule has 0 aromatic carbocycles. The number of hydrogen-bond acceptors (Lipinski definition) is 4. The molecule has 0 amide bonds. The second kappa shape index (κ2) is 4.12. The van der Waals surface area contributed by atoms with Crippen LogP contribution in [0.25, 0.3) is 0 Å². The van der Waals surface area contributed by atoms with E-state index in [1.54, 1.807) is 6.92 Å². The smallest absolute Gasteiger partial charge is 0.330 e. The monoisotopic (exact) mass is 240 g/mol. The average Bonchev–Trinajstić information content (AvgIpc) is 2.67. The van der Waals surface area contributed by atoms with Gasteiger partial charge in [0.05, 0.1) is 13.2 Å². The molecule has 1 aromatic rings. The van der Waals surface area contributed by atoms with Crippen molar-refractivity contribution in [3.63, 3.8) is 0 Å². The summed E-state index contributed by atoms with van der Waals surface area (Å²) in [5.74, 6) is 0. The Labute approximate surface area is 97.9 Å². The minimum Gasteiger partial charge on any atom is -0.396 e. The van der Waals surface area contributed by atoms with Crippen LogP contribution < -0.4 is 11.2 Å². The highest BCUT2D eigenvalue weighted by Gasteiger charge is 2.37. The number of aliphatic hydroxyl groups is 1. The van der Waals surface area contributed by atoms with Crippen molar-refractivity contribution in [1.29, 1.82) is 0 Å². The van der Waals surface area contributed by atoms with Crippen LogP contribution in [0.15, 0.2) is 15.8 Å². The fraction of sp³-hybridized carbons (Fsp3) is 0.636. The zero-order valence-corrected chi connectivity index (χ0v) is 9.90. The van der Waals surface area contributed by atoms with Gasteiger partial charge in [-0.25, -0.2) is 4.79 Å². The molecule has 6 heteroatoms. The van der Waals surface area contributed by atoms with Crippen LogP contribution in [0.5, 0.6) is 0 Å². The Balaban J connectivity index is 2.34. The number of rotatable bonds is 2. The van der Waals surface area contributed by atoms with Crippen molar-refractivity contribution in [2.45, 2.75) is 26.5 Å². The van der Waals surface area contributed by atoms with E-state index >= 15 is 0 Å². The molecule has 0 bridgehead atoms. The van der Waals surface area contributed by atoms with Gasteiger partial charge in [-0.2, -0.15) is 0 Å². The van der Waals surface area contributed by atoms with Crippen LogP contribution in [-0.2, 0) is 4.74 Å². The topological polar surface area (TPSA) is 84.3 Å². The minimum absolute atomic E-state index is 0.0145. The SMILES string of the molecule is Cc1cn([C@@H]2C[C@@](C)(CO)CO2)c(=O)[nH]c1=O. The molecule has 1 aliphatic rings. The summed E-state index contributed by atoms with van der Waals surface area (Å²) in [4.78, 5) is 25.1. The number of hydrogen-bond donors (Lipinski definition) is 2. The summed E-state index contributed by atoms with van der Waals surface area (Å²) in [5.41, 5.74) is -0.721. The van der Waals surface area contributed by atoms with Crippen LogP contribution in [0.4, 0.5) is 0 Å². The lowest BCUT2D eigenvalue weighted by molar-refractivity contribution is 0.0412. The van der Waals surface area contributed by atoms with E-state index in [4.69, 9.17) is 4.74 Å². The molecular weight excluding hydrogens is 224 g/mol. The molecule has 0 spiro atoms. The van der Waals surface area contributed by atoms with E-state index in [1.807, 2.05) is 6.92 Å². The van der Waals surface area contributed by atoms with Crippen LogP contribution >= 0.6 is 0 Å².